The summed E-state index contributed by atoms with van der Waals surface area (Å²) in [5.41, 5.74) is 0.373. The molecule has 0 unspecified atom stereocenters. The molecule has 1 aliphatic heterocycles. The Morgan fingerprint density at radius 3 is 2.80 bits per heavy atom. The van der Waals surface area contributed by atoms with E-state index < -0.39 is 0 Å². The Labute approximate surface area is 121 Å². The highest BCUT2D eigenvalue weighted by atomic mass is 15.1. The highest BCUT2D eigenvalue weighted by Gasteiger charge is 2.14. The lowest BCUT2D eigenvalue weighted by molar-refractivity contribution is 0.190. The molecule has 5 heteroatoms. The van der Waals surface area contributed by atoms with Gasteiger partial charge in [-0.3, -0.25) is 0 Å². The Hall–Kier alpha value is -1.67. The lowest BCUT2D eigenvalue weighted by atomic mass is 9.99. The number of unbranched alkanes of at least 4 members (excludes halogenated alkanes) is 1. The van der Waals surface area contributed by atoms with Gasteiger partial charge < -0.3 is 10.2 Å². The van der Waals surface area contributed by atoms with Gasteiger partial charge in [0.2, 0.25) is 0 Å². The zero-order valence-electron chi connectivity index (χ0n) is 12.2. The lowest BCUT2D eigenvalue weighted by Gasteiger charge is -2.30. The zero-order valence-corrected chi connectivity index (χ0v) is 12.2. The van der Waals surface area contributed by atoms with Crippen LogP contribution in [0.2, 0.25) is 0 Å². The molecule has 0 radical (unpaired) electrons. The van der Waals surface area contributed by atoms with Crippen molar-refractivity contribution in [2.24, 2.45) is 5.92 Å². The fourth-order valence-corrected chi connectivity index (χ4v) is 2.50. The minimum absolute atomic E-state index is 0.373. The van der Waals surface area contributed by atoms with E-state index in [1.54, 1.807) is 12.4 Å². The van der Waals surface area contributed by atoms with Gasteiger partial charge in [0.25, 0.3) is 0 Å². The van der Waals surface area contributed by atoms with E-state index >= 15 is 0 Å². The van der Waals surface area contributed by atoms with Gasteiger partial charge in [-0.15, -0.1) is 0 Å². The van der Waals surface area contributed by atoms with Crippen molar-refractivity contribution in [3.8, 4) is 6.07 Å². The number of piperidine rings is 1. The van der Waals surface area contributed by atoms with Crippen LogP contribution in [-0.4, -0.2) is 41.0 Å². The van der Waals surface area contributed by atoms with Crippen LogP contribution in [0.15, 0.2) is 12.4 Å². The summed E-state index contributed by atoms with van der Waals surface area (Å²) in [5.74, 6) is 1.50. The molecule has 0 amide bonds. The van der Waals surface area contributed by atoms with Crippen LogP contribution in [0.3, 0.4) is 0 Å². The summed E-state index contributed by atoms with van der Waals surface area (Å²) in [4.78, 5) is 10.7. The molecule has 5 nitrogen and oxygen atoms in total. The average molecular weight is 273 g/mol. The van der Waals surface area contributed by atoms with Gasteiger partial charge >= 0.3 is 0 Å². The molecule has 1 fully saturated rings. The van der Waals surface area contributed by atoms with Crippen molar-refractivity contribution in [2.45, 2.75) is 32.6 Å². The Balaban J connectivity index is 1.61. The third-order valence-corrected chi connectivity index (χ3v) is 3.87. The van der Waals surface area contributed by atoms with Crippen LogP contribution >= 0.6 is 0 Å². The number of rotatable bonds is 6. The zero-order chi connectivity index (χ0) is 14.2. The van der Waals surface area contributed by atoms with E-state index in [0.717, 1.165) is 18.9 Å². The number of likely N-dealkylation sites (tertiary alicyclic amines) is 1. The normalized spacial score (nSPS) is 16.8. The Morgan fingerprint density at radius 1 is 1.30 bits per heavy atom. The highest BCUT2D eigenvalue weighted by Crippen LogP contribution is 2.16. The van der Waals surface area contributed by atoms with Crippen LogP contribution < -0.4 is 5.32 Å². The molecule has 2 rings (SSSR count). The van der Waals surface area contributed by atoms with E-state index in [1.165, 1.54) is 38.9 Å². The van der Waals surface area contributed by atoms with E-state index in [2.05, 4.69) is 27.1 Å². The maximum absolute atomic E-state index is 8.91. The first-order chi connectivity index (χ1) is 9.79. The van der Waals surface area contributed by atoms with Crippen LogP contribution in [0.4, 0.5) is 5.82 Å². The predicted molar refractivity (Wildman–Crippen MR) is 79.3 cm³/mol. The average Bonchev–Trinajstić information content (AvgIpc) is 2.49. The standard InChI is InChI=1S/C15H23N5/c1-13-4-10-20(11-5-13)9-3-2-6-18-15-14(12-16)17-7-8-19-15/h7-8,13H,2-6,9-11H2,1H3,(H,18,19). The van der Waals surface area contributed by atoms with Gasteiger partial charge in [0.15, 0.2) is 11.5 Å². The van der Waals surface area contributed by atoms with Crippen molar-refractivity contribution in [3.05, 3.63) is 18.1 Å². The fourth-order valence-electron chi connectivity index (χ4n) is 2.50. The quantitative estimate of drug-likeness (QED) is 0.805. The highest BCUT2D eigenvalue weighted by molar-refractivity contribution is 5.46. The first-order valence-corrected chi connectivity index (χ1v) is 7.47. The van der Waals surface area contributed by atoms with Crippen LogP contribution in [0.1, 0.15) is 38.3 Å². The molecule has 1 aromatic rings. The van der Waals surface area contributed by atoms with Crippen molar-refractivity contribution in [2.75, 3.05) is 31.5 Å². The summed E-state index contributed by atoms with van der Waals surface area (Å²) in [6.45, 7) is 6.86. The molecule has 0 atom stereocenters. The molecular weight excluding hydrogens is 250 g/mol. The van der Waals surface area contributed by atoms with Gasteiger partial charge in [-0.1, -0.05) is 6.92 Å². The number of anilines is 1. The lowest BCUT2D eigenvalue weighted by Crippen LogP contribution is -2.33. The Morgan fingerprint density at radius 2 is 2.05 bits per heavy atom. The van der Waals surface area contributed by atoms with Crippen LogP contribution in [0, 0.1) is 17.2 Å². The molecule has 0 aromatic carbocycles. The van der Waals surface area contributed by atoms with Crippen molar-refractivity contribution in [1.29, 1.82) is 5.26 Å². The predicted octanol–water partition coefficient (Wildman–Crippen LogP) is 2.27. The molecule has 1 N–H and O–H groups in total. The second-order valence-corrected chi connectivity index (χ2v) is 5.52. The van der Waals surface area contributed by atoms with Gasteiger partial charge in [-0.2, -0.15) is 5.26 Å². The number of nitriles is 1. The third kappa shape index (κ3) is 4.46. The molecule has 0 saturated carbocycles. The van der Waals surface area contributed by atoms with E-state index in [9.17, 15) is 0 Å². The number of aromatic nitrogens is 2. The summed E-state index contributed by atoms with van der Waals surface area (Å²) < 4.78 is 0. The summed E-state index contributed by atoms with van der Waals surface area (Å²) in [7, 11) is 0. The van der Waals surface area contributed by atoms with Gasteiger partial charge in [-0.25, -0.2) is 9.97 Å². The number of hydrogen-bond acceptors (Lipinski definition) is 5. The van der Waals surface area contributed by atoms with Crippen molar-refractivity contribution in [3.63, 3.8) is 0 Å². The van der Waals surface area contributed by atoms with Gasteiger partial charge in [0.05, 0.1) is 0 Å². The van der Waals surface area contributed by atoms with Crippen LogP contribution in [-0.2, 0) is 0 Å². The molecular formula is C15H23N5. The second kappa shape index (κ2) is 7.81. The minimum atomic E-state index is 0.373. The molecule has 1 aliphatic rings. The van der Waals surface area contributed by atoms with Gasteiger partial charge in [0, 0.05) is 18.9 Å². The summed E-state index contributed by atoms with van der Waals surface area (Å²) in [6, 6.07) is 2.05. The molecule has 0 spiro atoms. The van der Waals surface area contributed by atoms with Gasteiger partial charge in [0.1, 0.15) is 6.07 Å². The SMILES string of the molecule is CC1CCN(CCCCNc2nccnc2C#N)CC1. The smallest absolute Gasteiger partial charge is 0.182 e. The topological polar surface area (TPSA) is 64.8 Å². The van der Waals surface area contributed by atoms with Crippen molar-refractivity contribution < 1.29 is 0 Å². The maximum atomic E-state index is 8.91. The largest absolute Gasteiger partial charge is 0.368 e. The number of nitrogens with one attached hydrogen (secondary N) is 1. The first-order valence-electron chi connectivity index (χ1n) is 7.47. The molecule has 108 valence electrons. The minimum Gasteiger partial charge on any atom is -0.368 e. The van der Waals surface area contributed by atoms with E-state index in [1.807, 2.05) is 6.07 Å². The van der Waals surface area contributed by atoms with Gasteiger partial charge in [-0.05, 0) is 51.2 Å². The molecule has 1 saturated heterocycles. The third-order valence-electron chi connectivity index (χ3n) is 3.87. The van der Waals surface area contributed by atoms with Crippen molar-refractivity contribution in [1.82, 2.24) is 14.9 Å². The summed E-state index contributed by atoms with van der Waals surface area (Å²) in [5, 5.41) is 12.1. The van der Waals surface area contributed by atoms with E-state index in [-0.39, 0.29) is 0 Å². The first kappa shape index (κ1) is 14.7. The summed E-state index contributed by atoms with van der Waals surface area (Å²) >= 11 is 0. The molecule has 0 bridgehead atoms. The second-order valence-electron chi connectivity index (χ2n) is 5.52. The van der Waals surface area contributed by atoms with Crippen LogP contribution in [0.25, 0.3) is 0 Å². The Kier molecular flexibility index (Phi) is 5.75. The number of nitrogens with zero attached hydrogens (tertiary/aromatic N) is 4. The molecule has 20 heavy (non-hydrogen) atoms. The Bertz CT molecular complexity index is 446. The van der Waals surface area contributed by atoms with Crippen molar-refractivity contribution >= 4 is 5.82 Å². The fraction of sp³-hybridized carbons (Fsp3) is 0.667. The van der Waals surface area contributed by atoms with E-state index in [0.29, 0.717) is 11.5 Å². The summed E-state index contributed by atoms with van der Waals surface area (Å²) in [6.07, 6.45) is 8.10. The van der Waals surface area contributed by atoms with E-state index in [4.69, 9.17) is 5.26 Å². The molecule has 2 heterocycles. The molecule has 0 aliphatic carbocycles. The molecule has 1 aromatic heterocycles. The maximum Gasteiger partial charge on any atom is 0.182 e. The van der Waals surface area contributed by atoms with Crippen LogP contribution in [0.5, 0.6) is 0 Å². The monoisotopic (exact) mass is 273 g/mol. The number of hydrogen-bond donors (Lipinski definition) is 1.